The molecule has 0 aliphatic heterocycles. The highest BCUT2D eigenvalue weighted by Crippen LogP contribution is 2.19. The average Bonchev–Trinajstić information content (AvgIpc) is 2.04. The van der Waals surface area contributed by atoms with Gasteiger partial charge in [0.05, 0.1) is 11.1 Å². The van der Waals surface area contributed by atoms with Crippen LogP contribution in [0.3, 0.4) is 0 Å². The van der Waals surface area contributed by atoms with Crippen LogP contribution in [0.5, 0.6) is 0 Å². The van der Waals surface area contributed by atoms with Crippen LogP contribution in [0.15, 0.2) is 5.16 Å². The normalized spacial score (nSPS) is 12.6. The largest absolute Gasteiger partial charge is 0.411 e. The van der Waals surface area contributed by atoms with E-state index >= 15 is 0 Å². The highest BCUT2D eigenvalue weighted by molar-refractivity contribution is 6.07. The van der Waals surface area contributed by atoms with E-state index in [-0.39, 0.29) is 18.6 Å². The van der Waals surface area contributed by atoms with Crippen LogP contribution in [0.2, 0.25) is 0 Å². The number of hydrogen-bond acceptors (Lipinski definition) is 4. The van der Waals surface area contributed by atoms with Gasteiger partial charge in [-0.1, -0.05) is 5.16 Å². The molecule has 0 aromatic carbocycles. The number of rotatable bonds is 5. The minimum atomic E-state index is -1.07. The van der Waals surface area contributed by atoms with E-state index < -0.39 is 17.2 Å². The van der Waals surface area contributed by atoms with Crippen molar-refractivity contribution in [3.63, 3.8) is 0 Å². The van der Waals surface area contributed by atoms with Crippen LogP contribution in [0.25, 0.3) is 0 Å². The third-order valence-electron chi connectivity index (χ3n) is 2.07. The maximum absolute atomic E-state index is 11.0. The predicted molar refractivity (Wildman–Crippen MR) is 50.6 cm³/mol. The van der Waals surface area contributed by atoms with E-state index in [4.69, 9.17) is 16.7 Å². The van der Waals surface area contributed by atoms with Gasteiger partial charge in [0.25, 0.3) is 0 Å². The van der Waals surface area contributed by atoms with E-state index in [9.17, 15) is 9.59 Å². The van der Waals surface area contributed by atoms with Crippen LogP contribution in [0.1, 0.15) is 26.7 Å². The van der Waals surface area contributed by atoms with Crippen molar-refractivity contribution in [3.05, 3.63) is 0 Å². The van der Waals surface area contributed by atoms with Crippen molar-refractivity contribution in [1.82, 2.24) is 0 Å². The summed E-state index contributed by atoms with van der Waals surface area (Å²) in [5, 5.41) is 11.6. The fourth-order valence-corrected chi connectivity index (χ4v) is 0.871. The van der Waals surface area contributed by atoms with Crippen molar-refractivity contribution in [2.75, 3.05) is 0 Å². The Balaban J connectivity index is 4.58. The number of carbonyl (C=O) groups is 2. The van der Waals surface area contributed by atoms with Gasteiger partial charge in [0.15, 0.2) is 0 Å². The standard InChI is InChI=1S/C8H15N3O3/c1-8(2,7(10)13)5(11-14)3-4-6(9)12/h14H,3-4H2,1-2H3,(H2,9,12)(H2,10,13). The topological polar surface area (TPSA) is 119 Å². The Morgan fingerprint density at radius 3 is 2.07 bits per heavy atom. The first kappa shape index (κ1) is 12.4. The third-order valence-corrected chi connectivity index (χ3v) is 2.07. The fourth-order valence-electron chi connectivity index (χ4n) is 0.871. The summed E-state index contributed by atoms with van der Waals surface area (Å²) in [5.41, 5.74) is 9.12. The lowest BCUT2D eigenvalue weighted by Crippen LogP contribution is -2.39. The first-order valence-corrected chi connectivity index (χ1v) is 4.12. The molecule has 6 nitrogen and oxygen atoms in total. The van der Waals surface area contributed by atoms with E-state index in [1.807, 2.05) is 0 Å². The minimum Gasteiger partial charge on any atom is -0.411 e. The van der Waals surface area contributed by atoms with Crippen LogP contribution < -0.4 is 11.5 Å². The predicted octanol–water partition coefficient (Wildman–Crippen LogP) is -0.406. The van der Waals surface area contributed by atoms with E-state index in [1.54, 1.807) is 0 Å². The van der Waals surface area contributed by atoms with Crippen LogP contribution in [-0.4, -0.2) is 22.7 Å². The second-order valence-corrected chi connectivity index (χ2v) is 3.50. The summed E-state index contributed by atoms with van der Waals surface area (Å²) in [6, 6.07) is 0. The summed E-state index contributed by atoms with van der Waals surface area (Å²) in [6.07, 6.45) is 0.151. The van der Waals surface area contributed by atoms with E-state index in [2.05, 4.69) is 5.16 Å². The first-order chi connectivity index (χ1) is 6.32. The molecule has 80 valence electrons. The van der Waals surface area contributed by atoms with Gasteiger partial charge in [0, 0.05) is 6.42 Å². The molecule has 5 N–H and O–H groups in total. The molecule has 0 aromatic rings. The zero-order valence-corrected chi connectivity index (χ0v) is 8.28. The zero-order chi connectivity index (χ0) is 11.4. The molecule has 0 fully saturated rings. The Labute approximate surface area is 81.9 Å². The Morgan fingerprint density at radius 1 is 1.29 bits per heavy atom. The van der Waals surface area contributed by atoms with E-state index in [0.29, 0.717) is 0 Å². The summed E-state index contributed by atoms with van der Waals surface area (Å²) < 4.78 is 0. The van der Waals surface area contributed by atoms with E-state index in [1.165, 1.54) is 13.8 Å². The van der Waals surface area contributed by atoms with Crippen molar-refractivity contribution in [3.8, 4) is 0 Å². The highest BCUT2D eigenvalue weighted by atomic mass is 16.4. The molecule has 0 radical (unpaired) electrons. The maximum atomic E-state index is 11.0. The first-order valence-electron chi connectivity index (χ1n) is 4.12. The zero-order valence-electron chi connectivity index (χ0n) is 8.28. The minimum absolute atomic E-state index is 0.0239. The molecule has 0 aliphatic carbocycles. The molecule has 0 saturated heterocycles. The third kappa shape index (κ3) is 3.04. The van der Waals surface area contributed by atoms with Gasteiger partial charge in [-0.15, -0.1) is 0 Å². The summed E-state index contributed by atoms with van der Waals surface area (Å²) in [5.74, 6) is -1.14. The fraction of sp³-hybridized carbons (Fsp3) is 0.625. The van der Waals surface area contributed by atoms with Gasteiger partial charge >= 0.3 is 0 Å². The summed E-state index contributed by atoms with van der Waals surface area (Å²) >= 11 is 0. The van der Waals surface area contributed by atoms with Crippen LogP contribution in [0, 0.1) is 5.41 Å². The van der Waals surface area contributed by atoms with Crippen LogP contribution in [-0.2, 0) is 9.59 Å². The molecule has 0 unspecified atom stereocenters. The van der Waals surface area contributed by atoms with Gasteiger partial charge in [-0.3, -0.25) is 9.59 Å². The summed E-state index contributed by atoms with van der Waals surface area (Å²) in [6.45, 7) is 3.04. The van der Waals surface area contributed by atoms with E-state index in [0.717, 1.165) is 0 Å². The average molecular weight is 201 g/mol. The van der Waals surface area contributed by atoms with Crippen molar-refractivity contribution in [2.45, 2.75) is 26.7 Å². The Kier molecular flexibility index (Phi) is 4.07. The maximum Gasteiger partial charge on any atom is 0.228 e. The molecule has 0 heterocycles. The molecule has 0 bridgehead atoms. The molecule has 0 saturated carbocycles. The lowest BCUT2D eigenvalue weighted by molar-refractivity contribution is -0.123. The lowest BCUT2D eigenvalue weighted by atomic mass is 9.84. The molecule has 0 aromatic heterocycles. The Hall–Kier alpha value is -1.59. The number of primary amides is 2. The summed E-state index contributed by atoms with van der Waals surface area (Å²) in [4.78, 5) is 21.5. The molecular formula is C8H15N3O3. The molecule has 0 atom stereocenters. The molecule has 0 spiro atoms. The second kappa shape index (κ2) is 4.59. The molecule has 0 rings (SSSR count). The van der Waals surface area contributed by atoms with Gasteiger partial charge in [0.2, 0.25) is 11.8 Å². The van der Waals surface area contributed by atoms with Crippen molar-refractivity contribution in [1.29, 1.82) is 0 Å². The Morgan fingerprint density at radius 2 is 1.79 bits per heavy atom. The Bertz CT molecular complexity index is 271. The van der Waals surface area contributed by atoms with Crippen LogP contribution in [0.4, 0.5) is 0 Å². The van der Waals surface area contributed by atoms with Crippen molar-refractivity contribution < 1.29 is 14.8 Å². The van der Waals surface area contributed by atoms with Crippen molar-refractivity contribution >= 4 is 17.5 Å². The van der Waals surface area contributed by atoms with Crippen molar-refractivity contribution in [2.24, 2.45) is 22.0 Å². The molecule has 14 heavy (non-hydrogen) atoms. The lowest BCUT2D eigenvalue weighted by Gasteiger charge is -2.21. The molecular weight excluding hydrogens is 186 g/mol. The quantitative estimate of drug-likeness (QED) is 0.318. The molecule has 0 aliphatic rings. The van der Waals surface area contributed by atoms with Gasteiger partial charge in [-0.2, -0.15) is 0 Å². The summed E-state index contributed by atoms with van der Waals surface area (Å²) in [7, 11) is 0. The van der Waals surface area contributed by atoms with Gasteiger partial charge in [0.1, 0.15) is 0 Å². The van der Waals surface area contributed by atoms with Crippen LogP contribution >= 0.6 is 0 Å². The second-order valence-electron chi connectivity index (χ2n) is 3.50. The number of hydrogen-bond donors (Lipinski definition) is 3. The monoisotopic (exact) mass is 201 g/mol. The SMILES string of the molecule is CC(C)(C(N)=O)C(CCC(N)=O)=NO. The number of carbonyl (C=O) groups excluding carboxylic acids is 2. The number of nitrogens with zero attached hydrogens (tertiary/aromatic N) is 1. The number of amides is 2. The van der Waals surface area contributed by atoms with Gasteiger partial charge in [-0.05, 0) is 20.3 Å². The highest BCUT2D eigenvalue weighted by Gasteiger charge is 2.31. The molecule has 6 heteroatoms. The molecule has 2 amide bonds. The van der Waals surface area contributed by atoms with Gasteiger partial charge in [-0.25, -0.2) is 0 Å². The number of nitrogens with two attached hydrogens (primary N) is 2. The smallest absolute Gasteiger partial charge is 0.228 e. The number of oxime groups is 1. The van der Waals surface area contributed by atoms with Gasteiger partial charge < -0.3 is 16.7 Å².